The van der Waals surface area contributed by atoms with Crippen LogP contribution < -0.4 is 9.62 Å². The molecule has 1 atom stereocenters. The van der Waals surface area contributed by atoms with Crippen molar-refractivity contribution in [2.24, 2.45) is 0 Å². The highest BCUT2D eigenvalue weighted by molar-refractivity contribution is 7.92. The highest BCUT2D eigenvalue weighted by Gasteiger charge is 2.32. The van der Waals surface area contributed by atoms with Crippen LogP contribution in [0.5, 0.6) is 0 Å². The van der Waals surface area contributed by atoms with Gasteiger partial charge < -0.3 is 10.2 Å². The number of hydrogen-bond donors (Lipinski definition) is 1. The number of carbonyl (C=O) groups is 2. The van der Waals surface area contributed by atoms with Crippen molar-refractivity contribution in [3.63, 3.8) is 0 Å². The Morgan fingerprint density at radius 1 is 0.833 bits per heavy atom. The summed E-state index contributed by atoms with van der Waals surface area (Å²) in [6.45, 7) is 12.0. The van der Waals surface area contributed by atoms with Crippen molar-refractivity contribution < 1.29 is 18.0 Å². The van der Waals surface area contributed by atoms with Crippen LogP contribution in [0.2, 0.25) is 0 Å². The van der Waals surface area contributed by atoms with E-state index in [2.05, 4.69) is 5.32 Å². The van der Waals surface area contributed by atoms with Crippen LogP contribution in [0.4, 0.5) is 5.69 Å². The van der Waals surface area contributed by atoms with E-state index in [1.807, 2.05) is 114 Å². The zero-order valence-electron chi connectivity index (χ0n) is 26.0. The molecule has 0 aliphatic heterocycles. The van der Waals surface area contributed by atoms with Gasteiger partial charge in [-0.1, -0.05) is 66.2 Å². The number of aryl methyl sites for hydroxylation is 3. The predicted molar refractivity (Wildman–Crippen MR) is 171 cm³/mol. The Hall–Kier alpha value is -3.65. The maximum atomic E-state index is 14.0. The summed E-state index contributed by atoms with van der Waals surface area (Å²) in [5.74, 6) is -0.422. The summed E-state index contributed by atoms with van der Waals surface area (Å²) in [4.78, 5) is 29.3. The van der Waals surface area contributed by atoms with E-state index in [1.165, 1.54) is 10.6 Å². The molecule has 226 valence electrons. The first-order valence-electron chi connectivity index (χ1n) is 14.4. The van der Waals surface area contributed by atoms with Crippen LogP contribution in [0.15, 0.2) is 72.8 Å². The highest BCUT2D eigenvalue weighted by Crippen LogP contribution is 2.23. The Balaban J connectivity index is 1.91. The maximum absolute atomic E-state index is 14.0. The summed E-state index contributed by atoms with van der Waals surface area (Å²) in [5.41, 5.74) is 5.02. The smallest absolute Gasteiger partial charge is 0.243 e. The third-order valence-corrected chi connectivity index (χ3v) is 8.08. The van der Waals surface area contributed by atoms with Crippen LogP contribution in [0, 0.1) is 20.8 Å². The molecule has 1 N–H and O–H groups in total. The number of nitrogens with one attached hydrogen (secondary N) is 1. The molecule has 0 heterocycles. The zero-order chi connectivity index (χ0) is 31.1. The third kappa shape index (κ3) is 10.0. The minimum atomic E-state index is -3.57. The molecule has 2 amide bonds. The molecule has 0 aliphatic rings. The van der Waals surface area contributed by atoms with Crippen molar-refractivity contribution in [1.82, 2.24) is 10.2 Å². The Bertz CT molecular complexity index is 1440. The number of benzene rings is 3. The van der Waals surface area contributed by atoms with Gasteiger partial charge in [0.05, 0.1) is 11.9 Å². The standard InChI is InChI=1S/C34H45N3O4S/c1-25-15-17-29(18-16-25)24-36(31(33(39)35-34(4,5)6)23-28-12-9-8-10-13-28)32(38)14-11-19-37(42(7,40)41)30-21-26(2)20-27(3)22-30/h8-10,12-13,15-18,20-22,31H,11,14,19,23-24H2,1-7H3,(H,35,39)/t31-/m0/s1. The molecule has 0 unspecified atom stereocenters. The molecule has 3 aromatic carbocycles. The fourth-order valence-corrected chi connectivity index (χ4v) is 5.94. The average molecular weight is 592 g/mol. The minimum Gasteiger partial charge on any atom is -0.350 e. The molecule has 0 saturated carbocycles. The largest absolute Gasteiger partial charge is 0.350 e. The first-order valence-corrected chi connectivity index (χ1v) is 16.2. The monoisotopic (exact) mass is 591 g/mol. The number of hydrogen-bond acceptors (Lipinski definition) is 4. The fourth-order valence-electron chi connectivity index (χ4n) is 5.00. The van der Waals surface area contributed by atoms with Crippen LogP contribution in [-0.2, 0) is 32.6 Å². The average Bonchev–Trinajstić information content (AvgIpc) is 2.88. The molecular formula is C34H45N3O4S. The topological polar surface area (TPSA) is 86.8 Å². The van der Waals surface area contributed by atoms with Crippen molar-refractivity contribution in [3.05, 3.63) is 101 Å². The Labute approximate surface area is 252 Å². The molecule has 0 radical (unpaired) electrons. The Morgan fingerprint density at radius 3 is 1.98 bits per heavy atom. The SMILES string of the molecule is Cc1ccc(CN(C(=O)CCCN(c2cc(C)cc(C)c2)S(C)(=O)=O)[C@@H](Cc2ccccc2)C(=O)NC(C)(C)C)cc1. The van der Waals surface area contributed by atoms with Gasteiger partial charge in [0.15, 0.2) is 0 Å². The summed E-state index contributed by atoms with van der Waals surface area (Å²) in [7, 11) is -3.57. The lowest BCUT2D eigenvalue weighted by molar-refractivity contribution is -0.142. The van der Waals surface area contributed by atoms with Gasteiger partial charge in [-0.25, -0.2) is 8.42 Å². The molecule has 0 fully saturated rings. The number of sulfonamides is 1. The predicted octanol–water partition coefficient (Wildman–Crippen LogP) is 5.71. The van der Waals surface area contributed by atoms with Crippen LogP contribution in [0.3, 0.4) is 0 Å². The summed E-state index contributed by atoms with van der Waals surface area (Å²) in [6, 6.07) is 22.5. The number of rotatable bonds is 12. The molecule has 7 nitrogen and oxygen atoms in total. The van der Waals surface area contributed by atoms with E-state index in [1.54, 1.807) is 4.90 Å². The van der Waals surface area contributed by atoms with Gasteiger partial charge in [0.25, 0.3) is 0 Å². The second-order valence-corrected chi connectivity index (χ2v) is 14.1. The highest BCUT2D eigenvalue weighted by atomic mass is 32.2. The van der Waals surface area contributed by atoms with Gasteiger partial charge in [-0.15, -0.1) is 0 Å². The van der Waals surface area contributed by atoms with Crippen molar-refractivity contribution in [2.75, 3.05) is 17.1 Å². The van der Waals surface area contributed by atoms with Crippen LogP contribution in [-0.4, -0.2) is 49.5 Å². The first kappa shape index (κ1) is 32.9. The Morgan fingerprint density at radius 2 is 1.43 bits per heavy atom. The first-order chi connectivity index (χ1) is 19.6. The van der Waals surface area contributed by atoms with Gasteiger partial charge in [-0.3, -0.25) is 13.9 Å². The summed E-state index contributed by atoms with van der Waals surface area (Å²) < 4.78 is 26.8. The van der Waals surface area contributed by atoms with Crippen LogP contribution in [0.25, 0.3) is 0 Å². The quantitative estimate of drug-likeness (QED) is 0.292. The molecule has 0 aromatic heterocycles. The number of nitrogens with zero attached hydrogens (tertiary/aromatic N) is 2. The molecule has 42 heavy (non-hydrogen) atoms. The summed E-state index contributed by atoms with van der Waals surface area (Å²) in [6.07, 6.45) is 1.94. The summed E-state index contributed by atoms with van der Waals surface area (Å²) >= 11 is 0. The molecule has 0 bridgehead atoms. The molecule has 0 saturated heterocycles. The van der Waals surface area contributed by atoms with Crippen LogP contribution in [0.1, 0.15) is 61.4 Å². The molecule has 3 aromatic rings. The van der Waals surface area contributed by atoms with Crippen molar-refractivity contribution in [3.8, 4) is 0 Å². The van der Waals surface area contributed by atoms with E-state index in [-0.39, 0.29) is 31.3 Å². The van der Waals surface area contributed by atoms with Gasteiger partial charge in [-0.2, -0.15) is 0 Å². The maximum Gasteiger partial charge on any atom is 0.243 e. The zero-order valence-corrected chi connectivity index (χ0v) is 26.8. The normalized spacial score (nSPS) is 12.5. The number of anilines is 1. The minimum absolute atomic E-state index is 0.0940. The third-order valence-electron chi connectivity index (χ3n) is 6.89. The van der Waals surface area contributed by atoms with Crippen molar-refractivity contribution in [1.29, 1.82) is 0 Å². The second kappa shape index (κ2) is 14.0. The fraction of sp³-hybridized carbons (Fsp3) is 0.412. The van der Waals surface area contributed by atoms with Gasteiger partial charge >= 0.3 is 0 Å². The number of amides is 2. The Kier molecular flexibility index (Phi) is 11.0. The second-order valence-electron chi connectivity index (χ2n) is 12.2. The van der Waals surface area contributed by atoms with Crippen molar-refractivity contribution >= 4 is 27.5 Å². The van der Waals surface area contributed by atoms with E-state index in [4.69, 9.17) is 0 Å². The van der Waals surface area contributed by atoms with Gasteiger partial charge in [0, 0.05) is 31.5 Å². The number of carbonyl (C=O) groups excluding carboxylic acids is 2. The molecule has 0 aliphatic carbocycles. The lowest BCUT2D eigenvalue weighted by Gasteiger charge is -2.34. The van der Waals surface area contributed by atoms with Gasteiger partial charge in [0.2, 0.25) is 21.8 Å². The summed E-state index contributed by atoms with van der Waals surface area (Å²) in [5, 5.41) is 3.08. The van der Waals surface area contributed by atoms with Gasteiger partial charge in [0.1, 0.15) is 6.04 Å². The van der Waals surface area contributed by atoms with E-state index >= 15 is 0 Å². The molecule has 3 rings (SSSR count). The van der Waals surface area contributed by atoms with E-state index in [9.17, 15) is 18.0 Å². The molecule has 8 heteroatoms. The lowest BCUT2D eigenvalue weighted by Crippen LogP contribution is -2.54. The van der Waals surface area contributed by atoms with E-state index in [0.717, 1.165) is 27.8 Å². The van der Waals surface area contributed by atoms with E-state index < -0.39 is 21.6 Å². The van der Waals surface area contributed by atoms with E-state index in [0.29, 0.717) is 18.5 Å². The van der Waals surface area contributed by atoms with Crippen LogP contribution >= 0.6 is 0 Å². The van der Waals surface area contributed by atoms with Gasteiger partial charge in [-0.05, 0) is 82.3 Å². The molecular weight excluding hydrogens is 546 g/mol. The lowest BCUT2D eigenvalue weighted by atomic mass is 10.00. The van der Waals surface area contributed by atoms with Crippen molar-refractivity contribution in [2.45, 2.75) is 78.9 Å². The molecule has 0 spiro atoms.